The third-order valence-corrected chi connectivity index (χ3v) is 4.53. The molecule has 8 nitrogen and oxygen atoms in total. The minimum absolute atomic E-state index is 0.0129. The number of carbonyl (C=O) groups is 3. The Morgan fingerprint density at radius 3 is 2.42 bits per heavy atom. The molecule has 0 atom stereocenters. The van der Waals surface area contributed by atoms with E-state index in [2.05, 4.69) is 5.32 Å². The molecule has 0 fully saturated rings. The van der Waals surface area contributed by atoms with Gasteiger partial charge >= 0.3 is 0 Å². The molecule has 0 saturated heterocycles. The van der Waals surface area contributed by atoms with Gasteiger partial charge in [-0.15, -0.1) is 0 Å². The van der Waals surface area contributed by atoms with E-state index in [9.17, 15) is 14.4 Å². The quantitative estimate of drug-likeness (QED) is 0.634. The van der Waals surface area contributed by atoms with E-state index in [4.69, 9.17) is 10.00 Å². The number of nitrogens with one attached hydrogen (secondary N) is 1. The lowest BCUT2D eigenvalue weighted by atomic mass is 10.2. The van der Waals surface area contributed by atoms with Crippen molar-refractivity contribution in [3.05, 3.63) is 54.6 Å². The highest BCUT2D eigenvalue weighted by Crippen LogP contribution is 2.17. The second-order valence-electron chi connectivity index (χ2n) is 6.82. The SMILES string of the molecule is COc1cccc(NC(=O)CN(C)C(=O)CCC(=O)N(CCC#N)c2ccccc2)c1. The average molecular weight is 422 g/mol. The van der Waals surface area contributed by atoms with Gasteiger partial charge in [0.25, 0.3) is 0 Å². The number of hydrogen-bond acceptors (Lipinski definition) is 5. The first-order chi connectivity index (χ1) is 14.9. The maximum Gasteiger partial charge on any atom is 0.243 e. The molecule has 0 bridgehead atoms. The van der Waals surface area contributed by atoms with Crippen LogP contribution in [0.4, 0.5) is 11.4 Å². The van der Waals surface area contributed by atoms with Gasteiger partial charge in [0.15, 0.2) is 0 Å². The summed E-state index contributed by atoms with van der Waals surface area (Å²) in [4.78, 5) is 40.1. The van der Waals surface area contributed by atoms with Crippen LogP contribution in [0.3, 0.4) is 0 Å². The second kappa shape index (κ2) is 12.0. The molecule has 0 heterocycles. The first-order valence-electron chi connectivity index (χ1n) is 9.85. The van der Waals surface area contributed by atoms with Gasteiger partial charge < -0.3 is 19.9 Å². The van der Waals surface area contributed by atoms with Crippen LogP contribution >= 0.6 is 0 Å². The lowest BCUT2D eigenvalue weighted by Gasteiger charge is -2.22. The molecule has 2 rings (SSSR count). The number of methoxy groups -OCH3 is 1. The summed E-state index contributed by atoms with van der Waals surface area (Å²) >= 11 is 0. The van der Waals surface area contributed by atoms with Crippen molar-refractivity contribution in [2.45, 2.75) is 19.3 Å². The molecule has 0 aliphatic heterocycles. The van der Waals surface area contributed by atoms with E-state index in [1.165, 1.54) is 24.0 Å². The number of hydrogen-bond donors (Lipinski definition) is 1. The summed E-state index contributed by atoms with van der Waals surface area (Å²) in [6.45, 7) is 0.118. The Hall–Kier alpha value is -3.86. The van der Waals surface area contributed by atoms with Crippen molar-refractivity contribution in [2.75, 3.05) is 37.5 Å². The number of para-hydroxylation sites is 1. The Morgan fingerprint density at radius 1 is 1.03 bits per heavy atom. The maximum atomic E-state index is 12.7. The van der Waals surface area contributed by atoms with Crippen molar-refractivity contribution >= 4 is 29.1 Å². The largest absolute Gasteiger partial charge is 0.497 e. The molecule has 0 saturated carbocycles. The predicted octanol–water partition coefficient (Wildman–Crippen LogP) is 2.82. The number of rotatable bonds is 10. The minimum Gasteiger partial charge on any atom is -0.497 e. The van der Waals surface area contributed by atoms with E-state index in [1.54, 1.807) is 36.4 Å². The van der Waals surface area contributed by atoms with Gasteiger partial charge in [0.05, 0.1) is 26.1 Å². The fourth-order valence-corrected chi connectivity index (χ4v) is 2.91. The standard InChI is InChI=1S/C23H26N4O4/c1-26(17-21(28)25-18-8-6-11-20(16-18)31-2)22(29)12-13-23(30)27(15-7-14-24)19-9-4-3-5-10-19/h3-6,8-11,16H,7,12-13,15,17H2,1-2H3,(H,25,28). The topological polar surface area (TPSA) is 103 Å². The highest BCUT2D eigenvalue weighted by atomic mass is 16.5. The molecule has 2 aromatic rings. The zero-order chi connectivity index (χ0) is 22.6. The van der Waals surface area contributed by atoms with Crippen LogP contribution in [0.2, 0.25) is 0 Å². The maximum absolute atomic E-state index is 12.7. The summed E-state index contributed by atoms with van der Waals surface area (Å²) in [6.07, 6.45) is 0.150. The van der Waals surface area contributed by atoms with Crippen LogP contribution in [-0.4, -0.2) is 49.9 Å². The van der Waals surface area contributed by atoms with Gasteiger partial charge in [-0.3, -0.25) is 14.4 Å². The Labute approximate surface area is 182 Å². The molecule has 3 amide bonds. The van der Waals surface area contributed by atoms with Crippen molar-refractivity contribution in [1.82, 2.24) is 4.90 Å². The van der Waals surface area contributed by atoms with Gasteiger partial charge in [-0.1, -0.05) is 24.3 Å². The van der Waals surface area contributed by atoms with Crippen LogP contribution in [0.25, 0.3) is 0 Å². The molecule has 0 radical (unpaired) electrons. The van der Waals surface area contributed by atoms with Crippen LogP contribution in [0.1, 0.15) is 19.3 Å². The van der Waals surface area contributed by atoms with E-state index < -0.39 is 0 Å². The predicted molar refractivity (Wildman–Crippen MR) is 118 cm³/mol. The number of likely N-dealkylation sites (N-methyl/N-ethyl adjacent to an activating group) is 1. The number of anilines is 2. The Kier molecular flexibility index (Phi) is 9.05. The average Bonchev–Trinajstić information content (AvgIpc) is 2.78. The van der Waals surface area contributed by atoms with Crippen LogP contribution in [0.5, 0.6) is 5.75 Å². The monoisotopic (exact) mass is 422 g/mol. The normalized spacial score (nSPS) is 9.97. The highest BCUT2D eigenvalue weighted by molar-refractivity contribution is 5.97. The third kappa shape index (κ3) is 7.48. The molecule has 2 aromatic carbocycles. The molecule has 1 N–H and O–H groups in total. The van der Waals surface area contributed by atoms with Gasteiger partial charge in [0.1, 0.15) is 5.75 Å². The fraction of sp³-hybridized carbons (Fsp3) is 0.304. The molecular weight excluding hydrogens is 396 g/mol. The number of ether oxygens (including phenoxy) is 1. The second-order valence-corrected chi connectivity index (χ2v) is 6.82. The number of nitriles is 1. The van der Waals surface area contributed by atoms with Crippen LogP contribution in [0.15, 0.2) is 54.6 Å². The van der Waals surface area contributed by atoms with E-state index >= 15 is 0 Å². The van der Waals surface area contributed by atoms with Gasteiger partial charge in [0, 0.05) is 43.9 Å². The summed E-state index contributed by atoms with van der Waals surface area (Å²) < 4.78 is 5.12. The number of amides is 3. The van der Waals surface area contributed by atoms with Crippen molar-refractivity contribution < 1.29 is 19.1 Å². The van der Waals surface area contributed by atoms with Gasteiger partial charge in [0.2, 0.25) is 17.7 Å². The summed E-state index contributed by atoms with van der Waals surface area (Å²) in [5, 5.41) is 11.6. The molecule has 0 unspecified atom stereocenters. The zero-order valence-electron chi connectivity index (χ0n) is 17.7. The van der Waals surface area contributed by atoms with E-state index in [1.807, 2.05) is 24.3 Å². The lowest BCUT2D eigenvalue weighted by Crippen LogP contribution is -2.36. The van der Waals surface area contributed by atoms with Crippen molar-refractivity contribution in [3.8, 4) is 11.8 Å². The Bertz CT molecular complexity index is 940. The van der Waals surface area contributed by atoms with Crippen molar-refractivity contribution in [1.29, 1.82) is 5.26 Å². The lowest BCUT2D eigenvalue weighted by molar-refractivity contribution is -0.134. The van der Waals surface area contributed by atoms with Gasteiger partial charge in [-0.25, -0.2) is 0 Å². The Morgan fingerprint density at radius 2 is 1.74 bits per heavy atom. The molecular formula is C23H26N4O4. The zero-order valence-corrected chi connectivity index (χ0v) is 17.7. The Balaban J connectivity index is 1.87. The highest BCUT2D eigenvalue weighted by Gasteiger charge is 2.19. The van der Waals surface area contributed by atoms with E-state index in [0.29, 0.717) is 17.1 Å². The molecule has 0 aliphatic carbocycles. The van der Waals surface area contributed by atoms with Gasteiger partial charge in [-0.2, -0.15) is 5.26 Å². The molecule has 31 heavy (non-hydrogen) atoms. The van der Waals surface area contributed by atoms with Crippen molar-refractivity contribution in [2.24, 2.45) is 0 Å². The van der Waals surface area contributed by atoms with E-state index in [-0.39, 0.29) is 50.1 Å². The van der Waals surface area contributed by atoms with Crippen molar-refractivity contribution in [3.63, 3.8) is 0 Å². The third-order valence-electron chi connectivity index (χ3n) is 4.53. The van der Waals surface area contributed by atoms with Gasteiger partial charge in [-0.05, 0) is 24.3 Å². The number of carbonyl (C=O) groups excluding carboxylic acids is 3. The first-order valence-corrected chi connectivity index (χ1v) is 9.85. The van der Waals surface area contributed by atoms with Crippen LogP contribution in [0, 0.1) is 11.3 Å². The van der Waals surface area contributed by atoms with Crippen LogP contribution in [-0.2, 0) is 14.4 Å². The molecule has 0 spiro atoms. The molecule has 0 aromatic heterocycles. The number of nitrogens with zero attached hydrogens (tertiary/aromatic N) is 3. The summed E-state index contributed by atoms with van der Waals surface area (Å²) in [6, 6.07) is 18.0. The smallest absolute Gasteiger partial charge is 0.243 e. The summed E-state index contributed by atoms with van der Waals surface area (Å²) in [5.74, 6) is -0.304. The fourth-order valence-electron chi connectivity index (χ4n) is 2.91. The summed E-state index contributed by atoms with van der Waals surface area (Å²) in [5.41, 5.74) is 1.25. The minimum atomic E-state index is -0.352. The molecule has 162 valence electrons. The molecule has 0 aliphatic rings. The van der Waals surface area contributed by atoms with E-state index in [0.717, 1.165) is 0 Å². The summed E-state index contributed by atoms with van der Waals surface area (Å²) in [7, 11) is 3.05. The van der Waals surface area contributed by atoms with Crippen LogP contribution < -0.4 is 15.0 Å². The molecule has 8 heteroatoms. The number of benzene rings is 2. The first kappa shape index (κ1) is 23.4.